The summed E-state index contributed by atoms with van der Waals surface area (Å²) in [6, 6.07) is 3.76. The quantitative estimate of drug-likeness (QED) is 0.791. The van der Waals surface area contributed by atoms with E-state index in [-0.39, 0.29) is 18.3 Å². The topological polar surface area (TPSA) is 40.6 Å². The van der Waals surface area contributed by atoms with Crippen LogP contribution in [0.1, 0.15) is 40.3 Å². The standard InChI is InChI=1S/C15H22BNO3/c1-6-18-13-8-7-11-17-12(13)9-10-16-19-14(2,3)15(4,5)20-16/h7-11H,6H2,1-5H3/b10-9+. The van der Waals surface area contributed by atoms with Crippen LogP contribution in [0.15, 0.2) is 24.3 Å². The average Bonchev–Trinajstić information content (AvgIpc) is 2.57. The molecule has 0 amide bonds. The van der Waals surface area contributed by atoms with Gasteiger partial charge in [0.25, 0.3) is 0 Å². The fraction of sp³-hybridized carbons (Fsp3) is 0.533. The van der Waals surface area contributed by atoms with E-state index in [1.54, 1.807) is 6.20 Å². The Morgan fingerprint density at radius 3 is 2.50 bits per heavy atom. The summed E-state index contributed by atoms with van der Waals surface area (Å²) < 4.78 is 17.4. The van der Waals surface area contributed by atoms with Gasteiger partial charge in [-0.25, -0.2) is 0 Å². The third-order valence-corrected chi connectivity index (χ3v) is 3.78. The Kier molecular flexibility index (Phi) is 4.21. The smallest absolute Gasteiger partial charge is 0.487 e. The minimum Gasteiger partial charge on any atom is -0.492 e. The molecule has 4 nitrogen and oxygen atoms in total. The van der Waals surface area contributed by atoms with Crippen LogP contribution in [0.4, 0.5) is 0 Å². The lowest BCUT2D eigenvalue weighted by Crippen LogP contribution is -2.41. The number of rotatable bonds is 4. The predicted octanol–water partition coefficient (Wildman–Crippen LogP) is 3.12. The number of ether oxygens (including phenoxy) is 1. The Morgan fingerprint density at radius 2 is 1.90 bits per heavy atom. The van der Waals surface area contributed by atoms with Crippen LogP contribution in [0.25, 0.3) is 6.08 Å². The van der Waals surface area contributed by atoms with Crippen LogP contribution in [-0.2, 0) is 9.31 Å². The highest BCUT2D eigenvalue weighted by Crippen LogP contribution is 2.37. The van der Waals surface area contributed by atoms with Crippen molar-refractivity contribution in [2.24, 2.45) is 0 Å². The molecule has 0 bridgehead atoms. The summed E-state index contributed by atoms with van der Waals surface area (Å²) in [6.07, 6.45) is 3.62. The maximum absolute atomic E-state index is 5.91. The van der Waals surface area contributed by atoms with Crippen molar-refractivity contribution in [3.05, 3.63) is 30.0 Å². The van der Waals surface area contributed by atoms with E-state index < -0.39 is 0 Å². The van der Waals surface area contributed by atoms with Crippen LogP contribution in [0.5, 0.6) is 5.75 Å². The molecule has 2 rings (SSSR count). The third kappa shape index (κ3) is 3.05. The second-order valence-corrected chi connectivity index (χ2v) is 5.80. The van der Waals surface area contributed by atoms with Gasteiger partial charge < -0.3 is 14.0 Å². The lowest BCUT2D eigenvalue weighted by Gasteiger charge is -2.32. The monoisotopic (exact) mass is 275 g/mol. The zero-order valence-electron chi connectivity index (χ0n) is 12.8. The summed E-state index contributed by atoms with van der Waals surface area (Å²) in [5.41, 5.74) is 0.132. The van der Waals surface area contributed by atoms with Crippen molar-refractivity contribution < 1.29 is 14.0 Å². The van der Waals surface area contributed by atoms with Crippen LogP contribution in [-0.4, -0.2) is 29.9 Å². The second-order valence-electron chi connectivity index (χ2n) is 5.80. The van der Waals surface area contributed by atoms with Gasteiger partial charge in [-0.1, -0.05) is 5.98 Å². The van der Waals surface area contributed by atoms with Crippen molar-refractivity contribution >= 4 is 13.2 Å². The van der Waals surface area contributed by atoms with Crippen LogP contribution in [0.3, 0.4) is 0 Å². The Labute approximate surface area is 121 Å². The Bertz CT molecular complexity index is 484. The van der Waals surface area contributed by atoms with Gasteiger partial charge in [0.05, 0.1) is 17.8 Å². The molecule has 20 heavy (non-hydrogen) atoms. The van der Waals surface area contributed by atoms with Gasteiger partial charge in [-0.2, -0.15) is 0 Å². The molecule has 0 saturated carbocycles. The van der Waals surface area contributed by atoms with E-state index in [9.17, 15) is 0 Å². The highest BCUT2D eigenvalue weighted by molar-refractivity contribution is 6.52. The summed E-state index contributed by atoms with van der Waals surface area (Å²) in [5.74, 6) is 2.64. The van der Waals surface area contributed by atoms with Gasteiger partial charge in [-0.05, 0) is 52.8 Å². The third-order valence-electron chi connectivity index (χ3n) is 3.78. The van der Waals surface area contributed by atoms with Gasteiger partial charge >= 0.3 is 7.12 Å². The lowest BCUT2D eigenvalue weighted by atomic mass is 9.89. The Morgan fingerprint density at radius 1 is 1.25 bits per heavy atom. The van der Waals surface area contributed by atoms with E-state index in [2.05, 4.69) is 4.98 Å². The molecule has 0 N–H and O–H groups in total. The molecule has 0 aromatic carbocycles. The molecule has 5 heteroatoms. The van der Waals surface area contributed by atoms with Crippen molar-refractivity contribution in [3.63, 3.8) is 0 Å². The largest absolute Gasteiger partial charge is 0.492 e. The molecule has 1 aromatic heterocycles. The molecule has 1 aliphatic rings. The molecule has 108 valence electrons. The summed E-state index contributed by atoms with van der Waals surface area (Å²) in [4.78, 5) is 4.31. The molecule has 0 spiro atoms. The number of nitrogens with zero attached hydrogens (tertiary/aromatic N) is 1. The SMILES string of the molecule is CCOc1cccnc1/C=C/B1OC(C)(C)C(C)(C)O1. The number of hydrogen-bond acceptors (Lipinski definition) is 4. The van der Waals surface area contributed by atoms with Crippen molar-refractivity contribution in [2.75, 3.05) is 6.61 Å². The van der Waals surface area contributed by atoms with E-state index in [0.717, 1.165) is 11.4 Å². The Balaban J connectivity index is 2.12. The van der Waals surface area contributed by atoms with E-state index in [4.69, 9.17) is 14.0 Å². The molecular formula is C15H22BNO3. The van der Waals surface area contributed by atoms with Gasteiger partial charge in [-0.15, -0.1) is 0 Å². The average molecular weight is 275 g/mol. The molecule has 1 fully saturated rings. The minimum absolute atomic E-state index is 0.325. The maximum Gasteiger partial charge on any atom is 0.487 e. The number of pyridine rings is 1. The lowest BCUT2D eigenvalue weighted by molar-refractivity contribution is 0.00578. The van der Waals surface area contributed by atoms with Gasteiger partial charge in [0.1, 0.15) is 11.4 Å². The molecule has 1 aromatic rings. The van der Waals surface area contributed by atoms with E-state index in [1.165, 1.54) is 0 Å². The molecule has 1 aliphatic heterocycles. The van der Waals surface area contributed by atoms with Gasteiger partial charge in [-0.3, -0.25) is 4.98 Å². The first kappa shape index (κ1) is 15.1. The highest BCUT2D eigenvalue weighted by Gasteiger charge is 2.50. The first-order valence-electron chi connectivity index (χ1n) is 6.97. The van der Waals surface area contributed by atoms with Crippen molar-refractivity contribution in [1.82, 2.24) is 4.98 Å². The molecular weight excluding hydrogens is 253 g/mol. The van der Waals surface area contributed by atoms with Crippen LogP contribution < -0.4 is 4.74 Å². The first-order valence-corrected chi connectivity index (χ1v) is 6.97. The van der Waals surface area contributed by atoms with E-state index in [0.29, 0.717) is 6.61 Å². The summed E-state index contributed by atoms with van der Waals surface area (Å²) >= 11 is 0. The Hall–Kier alpha value is -1.33. The molecule has 2 heterocycles. The van der Waals surface area contributed by atoms with Crippen molar-refractivity contribution in [2.45, 2.75) is 45.8 Å². The summed E-state index contributed by atoms with van der Waals surface area (Å²) in [7, 11) is -0.364. The zero-order chi connectivity index (χ0) is 14.8. The predicted molar refractivity (Wildman–Crippen MR) is 80.5 cm³/mol. The van der Waals surface area contributed by atoms with E-state index in [1.807, 2.05) is 58.8 Å². The minimum atomic E-state index is -0.364. The number of aromatic nitrogens is 1. The summed E-state index contributed by atoms with van der Waals surface area (Å²) in [6.45, 7) is 10.7. The fourth-order valence-corrected chi connectivity index (χ4v) is 1.94. The van der Waals surface area contributed by atoms with Gasteiger partial charge in [0.2, 0.25) is 0 Å². The zero-order valence-corrected chi connectivity index (χ0v) is 12.8. The van der Waals surface area contributed by atoms with Crippen molar-refractivity contribution in [3.8, 4) is 5.75 Å². The van der Waals surface area contributed by atoms with Crippen LogP contribution in [0.2, 0.25) is 0 Å². The van der Waals surface area contributed by atoms with Crippen molar-refractivity contribution in [1.29, 1.82) is 0 Å². The molecule has 0 atom stereocenters. The highest BCUT2D eigenvalue weighted by atomic mass is 16.7. The maximum atomic E-state index is 5.91. The molecule has 0 unspecified atom stereocenters. The molecule has 0 radical (unpaired) electrons. The van der Waals surface area contributed by atoms with Gasteiger partial charge in [0, 0.05) is 6.20 Å². The molecule has 0 aliphatic carbocycles. The molecule has 1 saturated heterocycles. The van der Waals surface area contributed by atoms with Gasteiger partial charge in [0.15, 0.2) is 0 Å². The normalized spacial score (nSPS) is 20.6. The summed E-state index contributed by atoms with van der Waals surface area (Å²) in [5, 5.41) is 0. The van der Waals surface area contributed by atoms with Crippen LogP contribution in [0, 0.1) is 0 Å². The first-order chi connectivity index (χ1) is 9.36. The van der Waals surface area contributed by atoms with E-state index >= 15 is 0 Å². The number of hydrogen-bond donors (Lipinski definition) is 0. The fourth-order valence-electron chi connectivity index (χ4n) is 1.94. The van der Waals surface area contributed by atoms with Crippen LogP contribution >= 0.6 is 0 Å². The second kappa shape index (κ2) is 5.58.